The molecule has 0 aromatic heterocycles. The fourth-order valence-electron chi connectivity index (χ4n) is 3.70. The van der Waals surface area contributed by atoms with Crippen LogP contribution in [-0.4, -0.2) is 17.9 Å². The molecule has 0 radical (unpaired) electrons. The maximum atomic E-state index is 12.4. The third-order valence-electron chi connectivity index (χ3n) is 6.08. The van der Waals surface area contributed by atoms with E-state index in [1.807, 2.05) is 36.4 Å². The number of carbonyl (C=O) groups is 3. The number of esters is 3. The lowest BCUT2D eigenvalue weighted by Crippen LogP contribution is -2.09. The predicted molar refractivity (Wildman–Crippen MR) is 173 cm³/mol. The second-order valence-electron chi connectivity index (χ2n) is 9.80. The molecule has 0 amide bonds. The van der Waals surface area contributed by atoms with Gasteiger partial charge in [0.2, 0.25) is 0 Å². The van der Waals surface area contributed by atoms with Gasteiger partial charge in [0.25, 0.3) is 0 Å². The second kappa shape index (κ2) is 14.7. The molecule has 4 aromatic carbocycles. The Labute approximate surface area is 262 Å². The summed E-state index contributed by atoms with van der Waals surface area (Å²) in [5, 5.41) is 0. The van der Waals surface area contributed by atoms with Crippen LogP contribution in [0, 0.1) is 23.7 Å². The number of rotatable bonds is 7. The lowest BCUT2D eigenvalue weighted by Gasteiger charge is -2.11. The smallest absolute Gasteiger partial charge is 0.338 e. The van der Waals surface area contributed by atoms with Gasteiger partial charge in [0.15, 0.2) is 0 Å². The first kappa shape index (κ1) is 31.6. The number of hydrogen-bond donors (Lipinski definition) is 0. The number of ether oxygens (including phenoxy) is 3. The molecule has 0 fully saturated rings. The minimum absolute atomic E-state index is 0.266. The van der Waals surface area contributed by atoms with Crippen LogP contribution < -0.4 is 14.2 Å². The van der Waals surface area contributed by atoms with E-state index in [0.717, 1.165) is 22.8 Å². The van der Waals surface area contributed by atoms with Gasteiger partial charge in [-0.15, -0.1) is 0 Å². The van der Waals surface area contributed by atoms with Crippen molar-refractivity contribution >= 4 is 17.9 Å². The van der Waals surface area contributed by atoms with Crippen LogP contribution in [-0.2, 0) is 14.4 Å². The van der Waals surface area contributed by atoms with Crippen molar-refractivity contribution in [1.29, 1.82) is 0 Å². The molecule has 0 aliphatic carbocycles. The molecule has 4 rings (SSSR count). The molecule has 0 N–H and O–H groups in total. The van der Waals surface area contributed by atoms with Gasteiger partial charge in [0, 0.05) is 45.0 Å². The molecule has 4 aromatic rings. The first-order chi connectivity index (χ1) is 21.6. The summed E-state index contributed by atoms with van der Waals surface area (Å²) in [5.74, 6) is 11.9. The molecule has 0 aliphatic heterocycles. The van der Waals surface area contributed by atoms with Crippen molar-refractivity contribution in [2.75, 3.05) is 0 Å². The lowest BCUT2D eigenvalue weighted by molar-refractivity contribution is -0.130. The van der Waals surface area contributed by atoms with Gasteiger partial charge in [-0.25, -0.2) is 14.4 Å². The van der Waals surface area contributed by atoms with Crippen molar-refractivity contribution in [1.82, 2.24) is 0 Å². The Bertz CT molecular complexity index is 1920. The zero-order valence-electron chi connectivity index (χ0n) is 24.8. The van der Waals surface area contributed by atoms with Crippen molar-refractivity contribution in [2.45, 2.75) is 13.8 Å². The van der Waals surface area contributed by atoms with E-state index >= 15 is 0 Å². The summed E-state index contributed by atoms with van der Waals surface area (Å²) in [6, 6.07) is 26.6. The minimum Gasteiger partial charge on any atom is -0.423 e. The predicted octanol–water partition coefficient (Wildman–Crippen LogP) is 7.21. The first-order valence-corrected chi connectivity index (χ1v) is 13.7. The molecular weight excluding hydrogens is 564 g/mol. The highest BCUT2D eigenvalue weighted by molar-refractivity contribution is 5.90. The van der Waals surface area contributed by atoms with Crippen LogP contribution in [0.4, 0.5) is 0 Å². The Balaban J connectivity index is 1.53. The Hall–Kier alpha value is -6.37. The molecule has 0 bridgehead atoms. The fraction of sp³-hybridized carbons (Fsp3) is 0.0513. The highest BCUT2D eigenvalue weighted by Crippen LogP contribution is 2.32. The molecule has 0 unspecified atom stereocenters. The van der Waals surface area contributed by atoms with Crippen molar-refractivity contribution in [3.05, 3.63) is 150 Å². The summed E-state index contributed by atoms with van der Waals surface area (Å²) in [4.78, 5) is 35.5. The molecular formula is C39H28O6. The van der Waals surface area contributed by atoms with E-state index in [4.69, 9.17) is 14.2 Å². The van der Waals surface area contributed by atoms with Gasteiger partial charge in [0.1, 0.15) is 17.2 Å². The quantitative estimate of drug-likeness (QED) is 0.0977. The van der Waals surface area contributed by atoms with Gasteiger partial charge >= 0.3 is 17.9 Å². The van der Waals surface area contributed by atoms with Crippen molar-refractivity contribution in [2.24, 2.45) is 0 Å². The van der Waals surface area contributed by atoms with E-state index in [1.54, 1.807) is 68.4 Å². The zero-order valence-corrected chi connectivity index (χ0v) is 24.8. The van der Waals surface area contributed by atoms with E-state index < -0.39 is 17.9 Å². The largest absolute Gasteiger partial charge is 0.423 e. The summed E-state index contributed by atoms with van der Waals surface area (Å²) in [6.45, 7) is 13.8. The Morgan fingerprint density at radius 3 is 1.49 bits per heavy atom. The molecule has 0 saturated heterocycles. The maximum Gasteiger partial charge on any atom is 0.338 e. The van der Waals surface area contributed by atoms with Crippen molar-refractivity contribution in [3.8, 4) is 52.1 Å². The second-order valence-corrected chi connectivity index (χ2v) is 9.80. The normalized spacial score (nSPS) is 9.73. The lowest BCUT2D eigenvalue weighted by atomic mass is 10.0. The van der Waals surface area contributed by atoms with E-state index in [9.17, 15) is 14.4 Å². The fourth-order valence-corrected chi connectivity index (χ4v) is 3.70. The molecule has 0 atom stereocenters. The monoisotopic (exact) mass is 592 g/mol. The highest BCUT2D eigenvalue weighted by atomic mass is 16.5. The minimum atomic E-state index is -0.547. The average molecular weight is 593 g/mol. The summed E-state index contributed by atoms with van der Waals surface area (Å²) >= 11 is 0. The van der Waals surface area contributed by atoms with Crippen molar-refractivity contribution < 1.29 is 28.6 Å². The molecule has 220 valence electrons. The Morgan fingerprint density at radius 2 is 1.00 bits per heavy atom. The standard InChI is InChI=1S/C39H28O6/c1-6-37(40)43-33-20-13-30(14-21-33)9-10-31-17-24-35(36(25-31)45-39(42)27(4)5)32-18-11-28(12-19-32)7-8-29-15-22-34(23-16-29)44-38(41)26(2)3/h6,11-25H,1-2,4H2,3,5H3. The third kappa shape index (κ3) is 9.06. The van der Waals surface area contributed by atoms with E-state index in [-0.39, 0.29) is 5.57 Å². The summed E-state index contributed by atoms with van der Waals surface area (Å²) in [7, 11) is 0. The average Bonchev–Trinajstić information content (AvgIpc) is 3.04. The van der Waals surface area contributed by atoms with Gasteiger partial charge in [-0.3, -0.25) is 0 Å². The van der Waals surface area contributed by atoms with Crippen LogP contribution in [0.5, 0.6) is 17.2 Å². The molecule has 6 heteroatoms. The number of benzene rings is 4. The van der Waals surface area contributed by atoms with E-state index in [1.165, 1.54) is 0 Å². The number of carbonyl (C=O) groups excluding carboxylic acids is 3. The van der Waals surface area contributed by atoms with Crippen LogP contribution in [0.1, 0.15) is 36.1 Å². The van der Waals surface area contributed by atoms with Crippen LogP contribution in [0.3, 0.4) is 0 Å². The van der Waals surface area contributed by atoms with Gasteiger partial charge in [-0.2, -0.15) is 0 Å². The van der Waals surface area contributed by atoms with Gasteiger partial charge in [0.05, 0.1) is 0 Å². The molecule has 0 spiro atoms. The zero-order chi connectivity index (χ0) is 32.3. The third-order valence-corrected chi connectivity index (χ3v) is 6.08. The summed E-state index contributed by atoms with van der Waals surface area (Å²) < 4.78 is 16.0. The van der Waals surface area contributed by atoms with Crippen LogP contribution in [0.15, 0.2) is 128 Å². The molecule has 0 saturated carbocycles. The molecule has 0 aliphatic rings. The number of hydrogen-bond acceptors (Lipinski definition) is 6. The highest BCUT2D eigenvalue weighted by Gasteiger charge is 2.13. The van der Waals surface area contributed by atoms with Crippen LogP contribution in [0.25, 0.3) is 11.1 Å². The van der Waals surface area contributed by atoms with E-state index in [2.05, 4.69) is 43.4 Å². The van der Waals surface area contributed by atoms with Gasteiger partial charge in [-0.05, 0) is 98.3 Å². The topological polar surface area (TPSA) is 78.9 Å². The molecule has 6 nitrogen and oxygen atoms in total. The summed E-state index contributed by atoms with van der Waals surface area (Å²) in [6.07, 6.45) is 1.09. The maximum absolute atomic E-state index is 12.4. The van der Waals surface area contributed by atoms with E-state index in [0.29, 0.717) is 39.5 Å². The molecule has 0 heterocycles. The van der Waals surface area contributed by atoms with Crippen LogP contribution in [0.2, 0.25) is 0 Å². The SMILES string of the molecule is C=CC(=O)Oc1ccc(C#Cc2ccc(-c3ccc(C#Cc4ccc(OC(=O)C(=C)C)cc4)cc3)c(OC(=O)C(=C)C)c2)cc1. The Morgan fingerprint density at radius 1 is 0.578 bits per heavy atom. The molecule has 45 heavy (non-hydrogen) atoms. The summed E-state index contributed by atoms with van der Waals surface area (Å²) in [5.41, 5.74) is 4.98. The van der Waals surface area contributed by atoms with Gasteiger partial charge < -0.3 is 14.2 Å². The van der Waals surface area contributed by atoms with Gasteiger partial charge in [-0.1, -0.05) is 55.6 Å². The van der Waals surface area contributed by atoms with Crippen molar-refractivity contribution in [3.63, 3.8) is 0 Å². The first-order valence-electron chi connectivity index (χ1n) is 13.7. The Kier molecular flexibility index (Phi) is 10.3. The van der Waals surface area contributed by atoms with Crippen LogP contribution >= 0.6 is 0 Å².